The van der Waals surface area contributed by atoms with Crippen LogP contribution in [0.4, 0.5) is 0 Å². The summed E-state index contributed by atoms with van der Waals surface area (Å²) in [5.41, 5.74) is 0. The zero-order valence-electron chi connectivity index (χ0n) is 27.7. The zero-order chi connectivity index (χ0) is 32.4. The summed E-state index contributed by atoms with van der Waals surface area (Å²) in [6.07, 6.45) is 22.5. The third-order valence-electron chi connectivity index (χ3n) is 8.25. The van der Waals surface area contributed by atoms with Crippen LogP contribution in [0.3, 0.4) is 0 Å². The predicted octanol–water partition coefficient (Wildman–Crippen LogP) is 5.21. The van der Waals surface area contributed by atoms with Gasteiger partial charge >= 0.3 is 0 Å². The van der Waals surface area contributed by atoms with Crippen LogP contribution in [-0.2, 0) is 14.3 Å². The molecule has 9 nitrogen and oxygen atoms in total. The molecule has 6 N–H and O–H groups in total. The Kier molecular flexibility index (Phi) is 24.8. The minimum absolute atomic E-state index is 0.206. The lowest BCUT2D eigenvalue weighted by atomic mass is 9.99. The van der Waals surface area contributed by atoms with E-state index in [1.54, 1.807) is 6.08 Å². The molecule has 0 radical (unpaired) electrons. The molecule has 1 aliphatic heterocycles. The molecule has 0 aromatic carbocycles. The van der Waals surface area contributed by atoms with Crippen molar-refractivity contribution in [2.45, 2.75) is 179 Å². The fourth-order valence-electron chi connectivity index (χ4n) is 5.39. The Morgan fingerprint density at radius 3 is 1.86 bits per heavy atom. The molecule has 1 aliphatic rings. The minimum Gasteiger partial charge on any atom is -0.394 e. The van der Waals surface area contributed by atoms with E-state index in [4.69, 9.17) is 9.47 Å². The molecule has 1 heterocycles. The Hall–Kier alpha value is -1.33. The van der Waals surface area contributed by atoms with E-state index in [9.17, 15) is 30.3 Å². The predicted molar refractivity (Wildman–Crippen MR) is 175 cm³/mol. The van der Waals surface area contributed by atoms with E-state index in [2.05, 4.69) is 24.4 Å². The lowest BCUT2D eigenvalue weighted by molar-refractivity contribution is -0.302. The smallest absolute Gasteiger partial charge is 0.220 e. The number of ether oxygens (including phenoxy) is 2. The van der Waals surface area contributed by atoms with Crippen molar-refractivity contribution >= 4 is 5.91 Å². The monoisotopic (exact) mass is 627 g/mol. The van der Waals surface area contributed by atoms with Crippen molar-refractivity contribution in [1.82, 2.24) is 5.32 Å². The Morgan fingerprint density at radius 1 is 0.750 bits per heavy atom. The Morgan fingerprint density at radius 2 is 1.30 bits per heavy atom. The number of unbranched alkanes of at least 4 members (excludes halogenated alkanes) is 15. The Labute approximate surface area is 267 Å². The average molecular weight is 628 g/mol. The lowest BCUT2D eigenvalue weighted by Gasteiger charge is -2.40. The van der Waals surface area contributed by atoms with Crippen LogP contribution in [0.5, 0.6) is 0 Å². The SMILES string of the molecule is CCCCCCCCCCCCCCCC/C=C/CC/C=C/C(O)C(COC1OC(CO)C(O)C(O)C1O)NC(=O)CCC. The first-order valence-corrected chi connectivity index (χ1v) is 17.6. The molecule has 0 spiro atoms. The van der Waals surface area contributed by atoms with Gasteiger partial charge in [-0.2, -0.15) is 0 Å². The van der Waals surface area contributed by atoms with Gasteiger partial charge in [0.05, 0.1) is 25.4 Å². The van der Waals surface area contributed by atoms with Crippen LogP contribution in [0.2, 0.25) is 0 Å². The lowest BCUT2D eigenvalue weighted by Crippen LogP contribution is -2.60. The number of nitrogens with one attached hydrogen (secondary N) is 1. The standard InChI is InChI=1S/C35H65NO8/c1-3-5-6-7-8-9-10-11-12-13-14-15-16-17-18-19-20-21-22-23-25-29(38)28(36-31(39)24-4-2)27-43-35-34(42)33(41)32(40)30(26-37)44-35/h19-20,23,25,28-30,32-35,37-38,40-42H,3-18,21-22,24,26-27H2,1-2H3,(H,36,39)/b20-19+,25-23+. The topological polar surface area (TPSA) is 149 Å². The molecular weight excluding hydrogens is 562 g/mol. The zero-order valence-corrected chi connectivity index (χ0v) is 27.7. The van der Waals surface area contributed by atoms with Crippen molar-refractivity contribution in [2.75, 3.05) is 13.2 Å². The number of amides is 1. The number of carbonyl (C=O) groups is 1. The Bertz CT molecular complexity index is 746. The number of hydrogen-bond donors (Lipinski definition) is 6. The summed E-state index contributed by atoms with van der Waals surface area (Å²) in [4.78, 5) is 12.2. The second-order valence-electron chi connectivity index (χ2n) is 12.3. The molecule has 7 atom stereocenters. The second kappa shape index (κ2) is 26.8. The maximum absolute atomic E-state index is 12.2. The number of aliphatic hydroxyl groups excluding tert-OH is 5. The van der Waals surface area contributed by atoms with Crippen LogP contribution >= 0.6 is 0 Å². The van der Waals surface area contributed by atoms with Crippen molar-refractivity contribution in [1.29, 1.82) is 0 Å². The molecule has 1 fully saturated rings. The number of aliphatic hydroxyl groups is 5. The van der Waals surface area contributed by atoms with Crippen LogP contribution in [0.1, 0.15) is 136 Å². The van der Waals surface area contributed by atoms with E-state index in [1.165, 1.54) is 89.9 Å². The molecule has 0 bridgehead atoms. The number of hydrogen-bond acceptors (Lipinski definition) is 8. The van der Waals surface area contributed by atoms with E-state index in [1.807, 2.05) is 13.0 Å². The summed E-state index contributed by atoms with van der Waals surface area (Å²) in [6.45, 7) is 3.37. The van der Waals surface area contributed by atoms with Crippen LogP contribution in [0, 0.1) is 0 Å². The van der Waals surface area contributed by atoms with Gasteiger partial charge in [-0.05, 0) is 32.1 Å². The molecule has 1 rings (SSSR count). The van der Waals surface area contributed by atoms with Crippen LogP contribution < -0.4 is 5.32 Å². The first kappa shape index (κ1) is 40.7. The van der Waals surface area contributed by atoms with Crippen LogP contribution in [0.25, 0.3) is 0 Å². The first-order chi connectivity index (χ1) is 21.3. The maximum atomic E-state index is 12.2. The van der Waals surface area contributed by atoms with Crippen molar-refractivity contribution in [3.63, 3.8) is 0 Å². The summed E-state index contributed by atoms with van der Waals surface area (Å²) in [5.74, 6) is -0.242. The summed E-state index contributed by atoms with van der Waals surface area (Å²) < 4.78 is 10.9. The fourth-order valence-corrected chi connectivity index (χ4v) is 5.39. The van der Waals surface area contributed by atoms with Gasteiger partial charge in [0.25, 0.3) is 0 Å². The van der Waals surface area contributed by atoms with Gasteiger partial charge in [0, 0.05) is 6.42 Å². The molecule has 258 valence electrons. The normalized spacial score (nSPS) is 23.8. The molecule has 44 heavy (non-hydrogen) atoms. The van der Waals surface area contributed by atoms with Crippen molar-refractivity contribution < 1.29 is 39.8 Å². The highest BCUT2D eigenvalue weighted by Crippen LogP contribution is 2.22. The molecule has 1 amide bonds. The summed E-state index contributed by atoms with van der Waals surface area (Å²) in [6, 6.07) is -0.812. The van der Waals surface area contributed by atoms with Crippen LogP contribution in [-0.4, -0.2) is 87.5 Å². The molecule has 9 heteroatoms. The third-order valence-corrected chi connectivity index (χ3v) is 8.25. The third kappa shape index (κ3) is 18.6. The van der Waals surface area contributed by atoms with E-state index in [0.29, 0.717) is 6.42 Å². The number of allylic oxidation sites excluding steroid dienone is 3. The number of rotatable bonds is 27. The van der Waals surface area contributed by atoms with E-state index < -0.39 is 49.5 Å². The van der Waals surface area contributed by atoms with E-state index in [0.717, 1.165) is 19.3 Å². The van der Waals surface area contributed by atoms with Gasteiger partial charge in [0.2, 0.25) is 5.91 Å². The number of carbonyl (C=O) groups excluding carboxylic acids is 1. The highest BCUT2D eigenvalue weighted by Gasteiger charge is 2.44. The van der Waals surface area contributed by atoms with Gasteiger partial charge < -0.3 is 40.3 Å². The summed E-state index contributed by atoms with van der Waals surface area (Å²) in [5, 5.41) is 53.0. The van der Waals surface area contributed by atoms with E-state index in [-0.39, 0.29) is 18.9 Å². The maximum Gasteiger partial charge on any atom is 0.220 e. The highest BCUT2D eigenvalue weighted by atomic mass is 16.7. The molecular formula is C35H65NO8. The molecule has 0 aromatic rings. The summed E-state index contributed by atoms with van der Waals surface area (Å²) >= 11 is 0. The van der Waals surface area contributed by atoms with Gasteiger partial charge in [-0.1, -0.05) is 122 Å². The molecule has 0 saturated carbocycles. The van der Waals surface area contributed by atoms with Crippen molar-refractivity contribution in [3.8, 4) is 0 Å². The van der Waals surface area contributed by atoms with Crippen molar-refractivity contribution in [2.24, 2.45) is 0 Å². The average Bonchev–Trinajstić information content (AvgIpc) is 3.01. The molecule has 0 aromatic heterocycles. The highest BCUT2D eigenvalue weighted by molar-refractivity contribution is 5.76. The van der Waals surface area contributed by atoms with E-state index >= 15 is 0 Å². The van der Waals surface area contributed by atoms with Gasteiger partial charge in [0.15, 0.2) is 6.29 Å². The molecule has 0 aliphatic carbocycles. The first-order valence-electron chi connectivity index (χ1n) is 17.6. The van der Waals surface area contributed by atoms with Gasteiger partial charge in [-0.3, -0.25) is 4.79 Å². The second-order valence-corrected chi connectivity index (χ2v) is 12.3. The van der Waals surface area contributed by atoms with Gasteiger partial charge in [-0.25, -0.2) is 0 Å². The van der Waals surface area contributed by atoms with Crippen molar-refractivity contribution in [3.05, 3.63) is 24.3 Å². The largest absolute Gasteiger partial charge is 0.394 e. The van der Waals surface area contributed by atoms with Gasteiger partial charge in [0.1, 0.15) is 24.4 Å². The summed E-state index contributed by atoms with van der Waals surface area (Å²) in [7, 11) is 0. The minimum atomic E-state index is -1.56. The fraction of sp³-hybridized carbons (Fsp3) is 0.857. The van der Waals surface area contributed by atoms with Crippen LogP contribution in [0.15, 0.2) is 24.3 Å². The Balaban J connectivity index is 2.24. The molecule has 7 unspecified atom stereocenters. The van der Waals surface area contributed by atoms with Gasteiger partial charge in [-0.15, -0.1) is 0 Å². The molecule has 1 saturated heterocycles. The quantitative estimate of drug-likeness (QED) is 0.0537.